The summed E-state index contributed by atoms with van der Waals surface area (Å²) >= 11 is 0. The number of carbonyl (C=O) groups excluding carboxylic acids is 3. The van der Waals surface area contributed by atoms with Crippen LogP contribution in [0, 0.1) is 5.92 Å². The number of primary amides is 1. The molecule has 0 saturated carbocycles. The van der Waals surface area contributed by atoms with E-state index >= 15 is 0 Å². The number of benzene rings is 2. The van der Waals surface area contributed by atoms with Crippen LogP contribution in [0.15, 0.2) is 48.5 Å². The Hall–Kier alpha value is -2.79. The summed E-state index contributed by atoms with van der Waals surface area (Å²) in [5.74, 6) is -1.12. The minimum absolute atomic E-state index is 0.0961. The minimum Gasteiger partial charge on any atom is -0.374 e. The Kier molecular flexibility index (Phi) is 18.6. The number of hydrogen-bond acceptors (Lipinski definition) is 4. The number of rotatable bonds is 8. The van der Waals surface area contributed by atoms with Crippen LogP contribution in [-0.4, -0.2) is 24.6 Å². The fourth-order valence-corrected chi connectivity index (χ4v) is 2.30. The van der Waals surface area contributed by atoms with Gasteiger partial charge in [0.25, 0.3) is 0 Å². The second-order valence-electron chi connectivity index (χ2n) is 6.60. The minimum atomic E-state index is -0.639. The van der Waals surface area contributed by atoms with Crippen molar-refractivity contribution in [2.45, 2.75) is 67.9 Å². The van der Waals surface area contributed by atoms with E-state index in [1.165, 1.54) is 12.5 Å². The molecule has 0 aliphatic rings. The van der Waals surface area contributed by atoms with Crippen LogP contribution >= 0.6 is 0 Å². The van der Waals surface area contributed by atoms with Crippen LogP contribution in [0.4, 0.5) is 0 Å². The van der Waals surface area contributed by atoms with Gasteiger partial charge in [0.1, 0.15) is 6.29 Å². The first kappa shape index (κ1) is 31.4. The molecular formula is C27H41NO4. The monoisotopic (exact) mass is 443 g/mol. The first-order valence-electron chi connectivity index (χ1n) is 11.4. The summed E-state index contributed by atoms with van der Waals surface area (Å²) in [7, 11) is 0. The molecule has 32 heavy (non-hydrogen) atoms. The van der Waals surface area contributed by atoms with E-state index in [4.69, 9.17) is 4.74 Å². The summed E-state index contributed by atoms with van der Waals surface area (Å²) in [5, 5.41) is 0. The molecule has 2 atom stereocenters. The predicted molar refractivity (Wildman–Crippen MR) is 134 cm³/mol. The van der Waals surface area contributed by atoms with E-state index in [1.807, 2.05) is 52.0 Å². The molecule has 0 spiro atoms. The van der Waals surface area contributed by atoms with Crippen LogP contribution in [-0.2, 0) is 14.3 Å². The number of ether oxygens (including phenoxy) is 1. The average molecular weight is 444 g/mol. The summed E-state index contributed by atoms with van der Waals surface area (Å²) in [6, 6.07) is 16.1. The molecule has 2 N–H and O–H groups in total. The van der Waals surface area contributed by atoms with Gasteiger partial charge in [-0.25, -0.2) is 0 Å². The van der Waals surface area contributed by atoms with Gasteiger partial charge in [0.15, 0.2) is 5.78 Å². The molecule has 0 saturated heterocycles. The Morgan fingerprint density at radius 2 is 1.34 bits per heavy atom. The molecule has 0 bridgehead atoms. The molecule has 0 aromatic heterocycles. The normalized spacial score (nSPS) is 11.1. The molecule has 2 rings (SSSR count). The van der Waals surface area contributed by atoms with Crippen LogP contribution in [0.2, 0.25) is 0 Å². The van der Waals surface area contributed by atoms with Gasteiger partial charge >= 0.3 is 0 Å². The molecule has 2 aromatic carbocycles. The van der Waals surface area contributed by atoms with Crippen molar-refractivity contribution in [2.24, 2.45) is 11.7 Å². The zero-order valence-electron chi connectivity index (χ0n) is 21.0. The van der Waals surface area contributed by atoms with Crippen molar-refractivity contribution in [1.29, 1.82) is 0 Å². The molecule has 0 radical (unpaired) electrons. The lowest BCUT2D eigenvalue weighted by atomic mass is 10.0. The number of aldehydes is 1. The third-order valence-electron chi connectivity index (χ3n) is 4.23. The van der Waals surface area contributed by atoms with E-state index in [2.05, 4.69) is 43.8 Å². The lowest BCUT2D eigenvalue weighted by molar-refractivity contribution is -0.125. The van der Waals surface area contributed by atoms with Crippen LogP contribution in [0.5, 0.6) is 0 Å². The van der Waals surface area contributed by atoms with Gasteiger partial charge in [-0.15, -0.1) is 0 Å². The summed E-state index contributed by atoms with van der Waals surface area (Å²) in [6.07, 6.45) is 1.67. The SMILES string of the molecule is CC.CC.CC(C=O)C(N)=O.CCCOC(C)c1ccc(-c2ccc(C(C)=O)cc2)cc1. The number of amides is 1. The van der Waals surface area contributed by atoms with E-state index in [-0.39, 0.29) is 11.9 Å². The fourth-order valence-electron chi connectivity index (χ4n) is 2.30. The Morgan fingerprint density at radius 3 is 1.66 bits per heavy atom. The topological polar surface area (TPSA) is 86.5 Å². The molecule has 178 valence electrons. The number of Topliss-reactive ketones (excluding diaryl/α,β-unsaturated/α-hetero) is 1. The molecular weight excluding hydrogens is 402 g/mol. The van der Waals surface area contributed by atoms with Crippen molar-refractivity contribution < 1.29 is 19.1 Å². The third kappa shape index (κ3) is 12.2. The third-order valence-corrected chi connectivity index (χ3v) is 4.23. The van der Waals surface area contributed by atoms with Crippen molar-refractivity contribution in [3.63, 3.8) is 0 Å². The summed E-state index contributed by atoms with van der Waals surface area (Å²) < 4.78 is 5.73. The maximum Gasteiger partial charge on any atom is 0.227 e. The Morgan fingerprint density at radius 1 is 0.906 bits per heavy atom. The highest BCUT2D eigenvalue weighted by molar-refractivity contribution is 5.94. The first-order chi connectivity index (χ1) is 15.3. The molecule has 5 nitrogen and oxygen atoms in total. The molecule has 2 unspecified atom stereocenters. The predicted octanol–water partition coefficient (Wildman–Crippen LogP) is 6.40. The van der Waals surface area contributed by atoms with E-state index in [9.17, 15) is 14.4 Å². The highest BCUT2D eigenvalue weighted by atomic mass is 16.5. The Labute approximate surface area is 194 Å². The van der Waals surface area contributed by atoms with Gasteiger partial charge in [-0.1, -0.05) is 83.1 Å². The molecule has 0 heterocycles. The van der Waals surface area contributed by atoms with E-state index in [1.54, 1.807) is 6.92 Å². The second-order valence-corrected chi connectivity index (χ2v) is 6.60. The molecule has 0 aliphatic heterocycles. The Balaban J connectivity index is 0. The number of carbonyl (C=O) groups is 3. The second kappa shape index (κ2) is 18.9. The van der Waals surface area contributed by atoms with E-state index < -0.39 is 11.8 Å². The van der Waals surface area contributed by atoms with E-state index in [0.29, 0.717) is 6.29 Å². The van der Waals surface area contributed by atoms with Gasteiger partial charge in [-0.05, 0) is 43.9 Å². The Bertz CT molecular complexity index is 767. The summed E-state index contributed by atoms with van der Waals surface area (Å²) in [5.41, 5.74) is 8.88. The molecule has 2 aromatic rings. The molecule has 0 aliphatic carbocycles. The number of ketones is 1. The summed E-state index contributed by atoms with van der Waals surface area (Å²) in [4.78, 5) is 30.9. The van der Waals surface area contributed by atoms with Gasteiger partial charge in [0.2, 0.25) is 5.91 Å². The van der Waals surface area contributed by atoms with Crippen LogP contribution < -0.4 is 5.73 Å². The van der Waals surface area contributed by atoms with Crippen LogP contribution in [0.3, 0.4) is 0 Å². The zero-order valence-corrected chi connectivity index (χ0v) is 21.0. The largest absolute Gasteiger partial charge is 0.374 e. The van der Waals surface area contributed by atoms with Crippen molar-refractivity contribution >= 4 is 18.0 Å². The van der Waals surface area contributed by atoms with Crippen molar-refractivity contribution in [1.82, 2.24) is 0 Å². The molecule has 5 heteroatoms. The first-order valence-corrected chi connectivity index (χ1v) is 11.4. The van der Waals surface area contributed by atoms with Crippen molar-refractivity contribution in [3.05, 3.63) is 59.7 Å². The van der Waals surface area contributed by atoms with Crippen molar-refractivity contribution in [2.75, 3.05) is 6.61 Å². The van der Waals surface area contributed by atoms with Crippen LogP contribution in [0.25, 0.3) is 11.1 Å². The highest BCUT2D eigenvalue weighted by Crippen LogP contribution is 2.24. The zero-order chi connectivity index (χ0) is 25.1. The summed E-state index contributed by atoms with van der Waals surface area (Å²) in [6.45, 7) is 16.0. The molecule has 1 amide bonds. The molecule has 0 fully saturated rings. The van der Waals surface area contributed by atoms with Gasteiger partial charge < -0.3 is 15.3 Å². The lowest BCUT2D eigenvalue weighted by Gasteiger charge is -2.13. The maximum absolute atomic E-state index is 11.3. The fraction of sp³-hybridized carbons (Fsp3) is 0.444. The number of hydrogen-bond donors (Lipinski definition) is 1. The van der Waals surface area contributed by atoms with Gasteiger partial charge in [-0.3, -0.25) is 9.59 Å². The number of nitrogens with two attached hydrogens (primary N) is 1. The van der Waals surface area contributed by atoms with Crippen LogP contribution in [0.1, 0.15) is 83.8 Å². The average Bonchev–Trinajstić information content (AvgIpc) is 2.85. The van der Waals surface area contributed by atoms with Gasteiger partial charge in [-0.2, -0.15) is 0 Å². The lowest BCUT2D eigenvalue weighted by Crippen LogP contribution is -2.21. The smallest absolute Gasteiger partial charge is 0.227 e. The van der Waals surface area contributed by atoms with E-state index in [0.717, 1.165) is 29.7 Å². The van der Waals surface area contributed by atoms with Gasteiger partial charge in [0, 0.05) is 12.2 Å². The van der Waals surface area contributed by atoms with Gasteiger partial charge in [0.05, 0.1) is 12.0 Å². The quantitative estimate of drug-likeness (QED) is 0.290. The standard InChI is InChI=1S/C19H22O2.C4H7NO2.2C2H6/c1-4-13-21-15(3)17-7-11-19(12-8-17)18-9-5-16(6-10-18)14(2)20;1-3(2-6)4(5)7;2*1-2/h5-12,15H,4,13H2,1-3H3;2-3H,1H3,(H2,5,7);2*1-2H3. The van der Waals surface area contributed by atoms with Crippen molar-refractivity contribution in [3.8, 4) is 11.1 Å². The highest BCUT2D eigenvalue weighted by Gasteiger charge is 2.06. The maximum atomic E-state index is 11.3.